The lowest BCUT2D eigenvalue weighted by atomic mass is 10.2. The summed E-state index contributed by atoms with van der Waals surface area (Å²) >= 11 is 1.61. The van der Waals surface area contributed by atoms with E-state index in [1.165, 1.54) is 0 Å². The number of nitrogens with two attached hydrogens (primary N) is 1. The van der Waals surface area contributed by atoms with Gasteiger partial charge in [-0.2, -0.15) is 0 Å². The van der Waals surface area contributed by atoms with E-state index in [1.807, 2.05) is 44.2 Å². The van der Waals surface area contributed by atoms with Crippen molar-refractivity contribution in [1.29, 1.82) is 0 Å². The van der Waals surface area contributed by atoms with Gasteiger partial charge in [0.1, 0.15) is 5.01 Å². The monoisotopic (exact) mass is 339 g/mol. The molecular formula is C16H22ClN3OS. The van der Waals surface area contributed by atoms with E-state index in [4.69, 9.17) is 5.73 Å². The third-order valence-corrected chi connectivity index (χ3v) is 4.48. The molecule has 2 aromatic rings. The fraction of sp³-hybridized carbons (Fsp3) is 0.375. The van der Waals surface area contributed by atoms with Crippen molar-refractivity contribution in [2.24, 2.45) is 5.73 Å². The number of nitrogens with zero attached hydrogens (tertiary/aromatic N) is 1. The maximum absolute atomic E-state index is 11.8. The molecule has 1 atom stereocenters. The van der Waals surface area contributed by atoms with Crippen LogP contribution in [0.1, 0.15) is 30.3 Å². The Morgan fingerprint density at radius 3 is 2.68 bits per heavy atom. The van der Waals surface area contributed by atoms with Crippen LogP contribution >= 0.6 is 23.7 Å². The SMILES string of the molecule is CCCC(N)C(=O)NCc1sc(-c2ccccc2)nc1C.Cl. The maximum atomic E-state index is 11.8. The number of aromatic nitrogens is 1. The molecule has 1 aromatic carbocycles. The number of benzene rings is 1. The second kappa shape index (κ2) is 8.88. The minimum atomic E-state index is -0.420. The Morgan fingerprint density at radius 1 is 1.36 bits per heavy atom. The summed E-state index contributed by atoms with van der Waals surface area (Å²) in [5.74, 6) is -0.0917. The largest absolute Gasteiger partial charge is 0.350 e. The van der Waals surface area contributed by atoms with E-state index >= 15 is 0 Å². The first-order chi connectivity index (χ1) is 10.1. The van der Waals surface area contributed by atoms with Gasteiger partial charge >= 0.3 is 0 Å². The summed E-state index contributed by atoms with van der Waals surface area (Å²) in [6.45, 7) is 4.48. The third-order valence-electron chi connectivity index (χ3n) is 3.27. The molecular weight excluding hydrogens is 318 g/mol. The van der Waals surface area contributed by atoms with E-state index in [2.05, 4.69) is 10.3 Å². The molecule has 0 radical (unpaired) electrons. The highest BCUT2D eigenvalue weighted by atomic mass is 35.5. The lowest BCUT2D eigenvalue weighted by Crippen LogP contribution is -2.40. The fourth-order valence-corrected chi connectivity index (χ4v) is 3.04. The number of amides is 1. The van der Waals surface area contributed by atoms with Crippen LogP contribution in [0, 0.1) is 6.92 Å². The van der Waals surface area contributed by atoms with Gasteiger partial charge in [-0.1, -0.05) is 43.7 Å². The number of halogens is 1. The predicted molar refractivity (Wildman–Crippen MR) is 94.3 cm³/mol. The highest BCUT2D eigenvalue weighted by molar-refractivity contribution is 7.15. The van der Waals surface area contributed by atoms with Crippen molar-refractivity contribution in [2.45, 2.75) is 39.3 Å². The van der Waals surface area contributed by atoms with Crippen LogP contribution in [0.25, 0.3) is 10.6 Å². The molecule has 0 bridgehead atoms. The lowest BCUT2D eigenvalue weighted by molar-refractivity contribution is -0.122. The van der Waals surface area contributed by atoms with Gasteiger partial charge in [0.15, 0.2) is 0 Å². The van der Waals surface area contributed by atoms with E-state index in [0.717, 1.165) is 27.6 Å². The van der Waals surface area contributed by atoms with E-state index in [1.54, 1.807) is 11.3 Å². The molecule has 2 rings (SSSR count). The van der Waals surface area contributed by atoms with Gasteiger partial charge in [0.25, 0.3) is 0 Å². The molecule has 1 aromatic heterocycles. The van der Waals surface area contributed by atoms with Crippen molar-refractivity contribution < 1.29 is 4.79 Å². The van der Waals surface area contributed by atoms with Crippen molar-refractivity contribution in [2.75, 3.05) is 0 Å². The minimum absolute atomic E-state index is 0. The van der Waals surface area contributed by atoms with Gasteiger partial charge in [-0.05, 0) is 13.3 Å². The zero-order valence-electron chi connectivity index (χ0n) is 12.8. The first kappa shape index (κ1) is 18.6. The van der Waals surface area contributed by atoms with Crippen LogP contribution in [0.15, 0.2) is 30.3 Å². The summed E-state index contributed by atoms with van der Waals surface area (Å²) in [6, 6.07) is 9.64. The van der Waals surface area contributed by atoms with Gasteiger partial charge in [-0.15, -0.1) is 23.7 Å². The molecule has 120 valence electrons. The Kier molecular flexibility index (Phi) is 7.51. The van der Waals surface area contributed by atoms with Crippen LogP contribution in [0.5, 0.6) is 0 Å². The van der Waals surface area contributed by atoms with Crippen LogP contribution in [0.4, 0.5) is 0 Å². The average molecular weight is 340 g/mol. The van der Waals surface area contributed by atoms with Crippen molar-refractivity contribution in [1.82, 2.24) is 10.3 Å². The smallest absolute Gasteiger partial charge is 0.237 e. The van der Waals surface area contributed by atoms with Crippen LogP contribution in [-0.2, 0) is 11.3 Å². The summed E-state index contributed by atoms with van der Waals surface area (Å²) in [4.78, 5) is 17.5. The normalized spacial score (nSPS) is 11.6. The molecule has 0 spiro atoms. The number of nitrogens with one attached hydrogen (secondary N) is 1. The second-order valence-electron chi connectivity index (χ2n) is 5.01. The Labute approximate surface area is 141 Å². The number of carbonyl (C=O) groups excluding carboxylic acids is 1. The Morgan fingerprint density at radius 2 is 2.05 bits per heavy atom. The van der Waals surface area contributed by atoms with E-state index in [0.29, 0.717) is 13.0 Å². The molecule has 1 heterocycles. The first-order valence-corrected chi connectivity index (χ1v) is 7.98. The summed E-state index contributed by atoms with van der Waals surface area (Å²) in [6.07, 6.45) is 1.62. The second-order valence-corrected chi connectivity index (χ2v) is 6.09. The quantitative estimate of drug-likeness (QED) is 0.848. The van der Waals surface area contributed by atoms with E-state index in [-0.39, 0.29) is 18.3 Å². The molecule has 3 N–H and O–H groups in total. The summed E-state index contributed by atoms with van der Waals surface area (Å²) in [7, 11) is 0. The van der Waals surface area contributed by atoms with Gasteiger partial charge in [0.2, 0.25) is 5.91 Å². The van der Waals surface area contributed by atoms with E-state index < -0.39 is 6.04 Å². The van der Waals surface area contributed by atoms with Gasteiger partial charge < -0.3 is 11.1 Å². The van der Waals surface area contributed by atoms with Gasteiger partial charge in [0.05, 0.1) is 18.3 Å². The standard InChI is InChI=1S/C16H21N3OS.ClH/c1-3-7-13(17)15(20)18-10-14-11(2)19-16(21-14)12-8-5-4-6-9-12;/h4-6,8-9,13H,3,7,10,17H2,1-2H3,(H,18,20);1H. The van der Waals surface area contributed by atoms with Crippen molar-refractivity contribution >= 4 is 29.7 Å². The Bertz CT molecular complexity index is 601. The molecule has 0 aliphatic carbocycles. The molecule has 6 heteroatoms. The molecule has 22 heavy (non-hydrogen) atoms. The average Bonchev–Trinajstić information content (AvgIpc) is 2.87. The lowest BCUT2D eigenvalue weighted by Gasteiger charge is -2.10. The molecule has 0 aliphatic heterocycles. The van der Waals surface area contributed by atoms with Gasteiger partial charge in [0, 0.05) is 10.4 Å². The molecule has 0 saturated heterocycles. The number of rotatable bonds is 6. The number of hydrogen-bond acceptors (Lipinski definition) is 4. The zero-order valence-corrected chi connectivity index (χ0v) is 14.5. The number of thiazole rings is 1. The molecule has 1 unspecified atom stereocenters. The van der Waals surface area contributed by atoms with Gasteiger partial charge in [-0.25, -0.2) is 4.98 Å². The summed E-state index contributed by atoms with van der Waals surface area (Å²) in [5, 5.41) is 3.88. The number of hydrogen-bond donors (Lipinski definition) is 2. The van der Waals surface area contributed by atoms with Crippen molar-refractivity contribution in [3.63, 3.8) is 0 Å². The molecule has 0 aliphatic rings. The zero-order chi connectivity index (χ0) is 15.2. The molecule has 0 saturated carbocycles. The van der Waals surface area contributed by atoms with Crippen LogP contribution in [-0.4, -0.2) is 16.9 Å². The van der Waals surface area contributed by atoms with Crippen molar-refractivity contribution in [3.8, 4) is 10.6 Å². The highest BCUT2D eigenvalue weighted by Crippen LogP contribution is 2.27. The third kappa shape index (κ3) is 4.80. The summed E-state index contributed by atoms with van der Waals surface area (Å²) in [5.41, 5.74) is 7.87. The van der Waals surface area contributed by atoms with Crippen LogP contribution in [0.3, 0.4) is 0 Å². The predicted octanol–water partition coefficient (Wildman–Crippen LogP) is 3.28. The molecule has 1 amide bonds. The maximum Gasteiger partial charge on any atom is 0.237 e. The van der Waals surface area contributed by atoms with Crippen LogP contribution in [0.2, 0.25) is 0 Å². The summed E-state index contributed by atoms with van der Waals surface area (Å²) < 4.78 is 0. The van der Waals surface area contributed by atoms with Gasteiger partial charge in [-0.3, -0.25) is 4.79 Å². The topological polar surface area (TPSA) is 68.0 Å². The van der Waals surface area contributed by atoms with Crippen LogP contribution < -0.4 is 11.1 Å². The molecule has 0 fully saturated rings. The Balaban J connectivity index is 0.00000242. The van der Waals surface area contributed by atoms with E-state index in [9.17, 15) is 4.79 Å². The Hall–Kier alpha value is -1.43. The minimum Gasteiger partial charge on any atom is -0.350 e. The highest BCUT2D eigenvalue weighted by Gasteiger charge is 2.14. The van der Waals surface area contributed by atoms with Crippen molar-refractivity contribution in [3.05, 3.63) is 40.9 Å². The fourth-order valence-electron chi connectivity index (χ4n) is 2.04. The number of carbonyl (C=O) groups is 1. The first-order valence-electron chi connectivity index (χ1n) is 7.16. The molecule has 4 nitrogen and oxygen atoms in total. The number of aryl methyl sites for hydroxylation is 1.